The summed E-state index contributed by atoms with van der Waals surface area (Å²) in [6, 6.07) is 8.82. The minimum Gasteiger partial charge on any atom is -0.271 e. The molecule has 0 spiro atoms. The Kier molecular flexibility index (Phi) is 3.92. The molecule has 0 saturated heterocycles. The molecule has 20 heavy (non-hydrogen) atoms. The molecule has 0 saturated carbocycles. The maximum absolute atomic E-state index is 5.84. The van der Waals surface area contributed by atoms with Crippen LogP contribution in [0.25, 0.3) is 0 Å². The van der Waals surface area contributed by atoms with E-state index in [1.807, 2.05) is 17.9 Å². The highest BCUT2D eigenvalue weighted by Crippen LogP contribution is 2.36. The average Bonchev–Trinajstić information content (AvgIpc) is 2.80. The molecule has 2 atom stereocenters. The van der Waals surface area contributed by atoms with Crippen molar-refractivity contribution in [1.82, 2.24) is 15.2 Å². The summed E-state index contributed by atoms with van der Waals surface area (Å²) in [6.07, 6.45) is 5.15. The number of halogens is 1. The number of aryl methyl sites for hydroxylation is 2. The van der Waals surface area contributed by atoms with E-state index < -0.39 is 0 Å². The van der Waals surface area contributed by atoms with Crippen LogP contribution in [0.2, 0.25) is 0 Å². The van der Waals surface area contributed by atoms with Crippen LogP contribution in [0.4, 0.5) is 0 Å². The third-order valence-corrected chi connectivity index (χ3v) is 4.88. The maximum atomic E-state index is 5.84. The standard InChI is InChI=1S/C15H19BrN4/c1-20-15(13(16)9-18-20)14(19-17)12-7-6-10-4-2-3-5-11(10)8-12/h2-5,9,12,14,19H,6-8,17H2,1H3. The molecule has 1 aliphatic rings. The van der Waals surface area contributed by atoms with Gasteiger partial charge in [0.05, 0.1) is 22.4 Å². The van der Waals surface area contributed by atoms with E-state index in [0.717, 1.165) is 29.4 Å². The molecule has 4 nitrogen and oxygen atoms in total. The molecule has 1 aliphatic carbocycles. The Morgan fingerprint density at radius 3 is 2.80 bits per heavy atom. The highest BCUT2D eigenvalue weighted by molar-refractivity contribution is 9.10. The molecule has 0 radical (unpaired) electrons. The Labute approximate surface area is 127 Å². The highest BCUT2D eigenvalue weighted by Gasteiger charge is 2.29. The second-order valence-corrected chi connectivity index (χ2v) is 6.27. The van der Waals surface area contributed by atoms with Crippen LogP contribution >= 0.6 is 15.9 Å². The summed E-state index contributed by atoms with van der Waals surface area (Å²) in [5.74, 6) is 6.33. The van der Waals surface area contributed by atoms with Crippen molar-refractivity contribution in [2.45, 2.75) is 25.3 Å². The quantitative estimate of drug-likeness (QED) is 0.669. The zero-order valence-corrected chi connectivity index (χ0v) is 13.1. The van der Waals surface area contributed by atoms with Gasteiger partial charge in [-0.2, -0.15) is 5.10 Å². The third-order valence-electron chi connectivity index (χ3n) is 4.27. The molecule has 5 heteroatoms. The number of hydrogen-bond acceptors (Lipinski definition) is 3. The van der Waals surface area contributed by atoms with Crippen LogP contribution in [-0.2, 0) is 19.9 Å². The van der Waals surface area contributed by atoms with E-state index in [0.29, 0.717) is 5.92 Å². The second-order valence-electron chi connectivity index (χ2n) is 5.42. The van der Waals surface area contributed by atoms with Crippen molar-refractivity contribution in [3.63, 3.8) is 0 Å². The molecule has 0 amide bonds. The predicted molar refractivity (Wildman–Crippen MR) is 82.9 cm³/mol. The van der Waals surface area contributed by atoms with Crippen molar-refractivity contribution in [2.75, 3.05) is 0 Å². The lowest BCUT2D eigenvalue weighted by Gasteiger charge is -2.31. The predicted octanol–water partition coefficient (Wildman–Crippen LogP) is 2.49. The van der Waals surface area contributed by atoms with Gasteiger partial charge in [-0.1, -0.05) is 24.3 Å². The number of nitrogens with one attached hydrogen (secondary N) is 1. The molecule has 1 aromatic carbocycles. The molecule has 0 bridgehead atoms. The fourth-order valence-corrected chi connectivity index (χ4v) is 3.81. The minimum atomic E-state index is 0.116. The summed E-state index contributed by atoms with van der Waals surface area (Å²) in [4.78, 5) is 0. The number of benzene rings is 1. The molecule has 1 aromatic heterocycles. The lowest BCUT2D eigenvalue weighted by molar-refractivity contribution is 0.315. The molecular weight excluding hydrogens is 316 g/mol. The van der Waals surface area contributed by atoms with Gasteiger partial charge >= 0.3 is 0 Å². The summed E-state index contributed by atoms with van der Waals surface area (Å²) in [6.45, 7) is 0. The first-order valence-electron chi connectivity index (χ1n) is 6.91. The van der Waals surface area contributed by atoms with Crippen molar-refractivity contribution in [3.8, 4) is 0 Å². The maximum Gasteiger partial charge on any atom is 0.0708 e. The van der Waals surface area contributed by atoms with Crippen LogP contribution in [0.3, 0.4) is 0 Å². The first-order chi connectivity index (χ1) is 9.70. The zero-order valence-electron chi connectivity index (χ0n) is 11.5. The summed E-state index contributed by atoms with van der Waals surface area (Å²) in [5, 5.41) is 4.30. The van der Waals surface area contributed by atoms with Crippen molar-refractivity contribution in [2.24, 2.45) is 18.8 Å². The van der Waals surface area contributed by atoms with Gasteiger partial charge in [-0.15, -0.1) is 0 Å². The number of aromatic nitrogens is 2. The van der Waals surface area contributed by atoms with Gasteiger partial charge in [0.2, 0.25) is 0 Å². The average molecular weight is 335 g/mol. The molecule has 3 rings (SSSR count). The van der Waals surface area contributed by atoms with Crippen LogP contribution in [0, 0.1) is 5.92 Å². The Morgan fingerprint density at radius 2 is 2.15 bits per heavy atom. The Morgan fingerprint density at radius 1 is 1.40 bits per heavy atom. The van der Waals surface area contributed by atoms with Gasteiger partial charge < -0.3 is 0 Å². The van der Waals surface area contributed by atoms with Gasteiger partial charge in [0, 0.05) is 7.05 Å². The Hall–Kier alpha value is -1.17. The van der Waals surface area contributed by atoms with Crippen LogP contribution in [-0.4, -0.2) is 9.78 Å². The minimum absolute atomic E-state index is 0.116. The second kappa shape index (κ2) is 5.68. The largest absolute Gasteiger partial charge is 0.271 e. The van der Waals surface area contributed by atoms with Gasteiger partial charge in [0.1, 0.15) is 0 Å². The van der Waals surface area contributed by atoms with Crippen molar-refractivity contribution in [3.05, 3.63) is 51.8 Å². The van der Waals surface area contributed by atoms with E-state index in [9.17, 15) is 0 Å². The Bertz CT molecular complexity index is 588. The molecule has 106 valence electrons. The number of rotatable bonds is 3. The lowest BCUT2D eigenvalue weighted by atomic mass is 9.79. The van der Waals surface area contributed by atoms with Crippen molar-refractivity contribution >= 4 is 15.9 Å². The first-order valence-corrected chi connectivity index (χ1v) is 7.70. The molecule has 0 aliphatic heterocycles. The molecule has 3 N–H and O–H groups in total. The SMILES string of the molecule is Cn1ncc(Br)c1C(NN)C1CCc2ccccc2C1. The van der Waals surface area contributed by atoms with E-state index >= 15 is 0 Å². The normalized spacial score (nSPS) is 19.6. The molecule has 1 heterocycles. The first kappa shape index (κ1) is 13.8. The van der Waals surface area contributed by atoms with Gasteiger partial charge in [-0.25, -0.2) is 0 Å². The molecule has 2 aromatic rings. The van der Waals surface area contributed by atoms with E-state index in [4.69, 9.17) is 5.84 Å². The summed E-state index contributed by atoms with van der Waals surface area (Å²) >= 11 is 3.58. The van der Waals surface area contributed by atoms with Crippen LogP contribution in [0.1, 0.15) is 29.3 Å². The molecule has 0 fully saturated rings. The zero-order chi connectivity index (χ0) is 14.1. The number of fused-ring (bicyclic) bond motifs is 1. The fraction of sp³-hybridized carbons (Fsp3) is 0.400. The number of nitrogens with two attached hydrogens (primary N) is 1. The summed E-state index contributed by atoms with van der Waals surface area (Å²) in [5.41, 5.74) is 7.04. The fourth-order valence-electron chi connectivity index (χ4n) is 3.22. The third kappa shape index (κ3) is 2.41. The monoisotopic (exact) mass is 334 g/mol. The van der Waals surface area contributed by atoms with Gasteiger partial charge in [-0.05, 0) is 52.2 Å². The lowest BCUT2D eigenvalue weighted by Crippen LogP contribution is -2.37. The van der Waals surface area contributed by atoms with Crippen molar-refractivity contribution in [1.29, 1.82) is 0 Å². The number of hydrazine groups is 1. The number of nitrogens with zero attached hydrogens (tertiary/aromatic N) is 2. The van der Waals surface area contributed by atoms with Gasteiger partial charge in [0.15, 0.2) is 0 Å². The van der Waals surface area contributed by atoms with Gasteiger partial charge in [0.25, 0.3) is 0 Å². The van der Waals surface area contributed by atoms with Crippen LogP contribution in [0.15, 0.2) is 34.9 Å². The number of hydrogen-bond donors (Lipinski definition) is 2. The Balaban J connectivity index is 1.89. The molecule has 2 unspecified atom stereocenters. The van der Waals surface area contributed by atoms with E-state index in [-0.39, 0.29) is 6.04 Å². The summed E-state index contributed by atoms with van der Waals surface area (Å²) < 4.78 is 2.91. The van der Waals surface area contributed by atoms with E-state index in [2.05, 4.69) is 50.7 Å². The van der Waals surface area contributed by atoms with Crippen LogP contribution < -0.4 is 11.3 Å². The topological polar surface area (TPSA) is 55.9 Å². The van der Waals surface area contributed by atoms with Gasteiger partial charge in [-0.3, -0.25) is 16.0 Å². The van der Waals surface area contributed by atoms with E-state index in [1.165, 1.54) is 11.1 Å². The van der Waals surface area contributed by atoms with E-state index in [1.54, 1.807) is 0 Å². The molecular formula is C15H19BrN4. The van der Waals surface area contributed by atoms with Crippen LogP contribution in [0.5, 0.6) is 0 Å². The summed E-state index contributed by atoms with van der Waals surface area (Å²) in [7, 11) is 1.96. The smallest absolute Gasteiger partial charge is 0.0708 e. The highest BCUT2D eigenvalue weighted by atomic mass is 79.9. The van der Waals surface area contributed by atoms with Crippen molar-refractivity contribution < 1.29 is 0 Å².